The van der Waals surface area contributed by atoms with Crippen LogP contribution in [0.2, 0.25) is 0 Å². The van der Waals surface area contributed by atoms with Crippen LogP contribution in [0.4, 0.5) is 4.79 Å². The molecule has 0 aliphatic rings. The number of amides is 3. The van der Waals surface area contributed by atoms with Crippen LogP contribution in [0.3, 0.4) is 0 Å². The summed E-state index contributed by atoms with van der Waals surface area (Å²) in [6, 6.07) is 5.73. The molecule has 0 aromatic heterocycles. The Morgan fingerprint density at radius 1 is 1.12 bits per heavy atom. The van der Waals surface area contributed by atoms with Gasteiger partial charge in [0.25, 0.3) is 0 Å². The summed E-state index contributed by atoms with van der Waals surface area (Å²) in [7, 11) is 0. The molecule has 3 amide bonds. The topological polar surface area (TPSA) is 87.7 Å². The molecule has 32 heavy (non-hydrogen) atoms. The lowest BCUT2D eigenvalue weighted by Gasteiger charge is -2.33. The number of hydrogen-bond acceptors (Lipinski definition) is 4. The van der Waals surface area contributed by atoms with Gasteiger partial charge < -0.3 is 20.3 Å². The maximum Gasteiger partial charge on any atom is 0.408 e. The molecule has 1 aromatic rings. The Hall–Kier alpha value is -2.83. The molecule has 0 heterocycles. The van der Waals surface area contributed by atoms with Crippen LogP contribution in [0, 0.1) is 6.92 Å². The van der Waals surface area contributed by atoms with Gasteiger partial charge in [0.2, 0.25) is 11.8 Å². The molecule has 7 heteroatoms. The van der Waals surface area contributed by atoms with E-state index in [1.165, 1.54) is 4.90 Å². The van der Waals surface area contributed by atoms with Gasteiger partial charge in [-0.15, -0.1) is 6.58 Å². The maximum atomic E-state index is 13.4. The van der Waals surface area contributed by atoms with Crippen molar-refractivity contribution in [2.24, 2.45) is 0 Å². The minimum absolute atomic E-state index is 0.0292. The fourth-order valence-corrected chi connectivity index (χ4v) is 3.31. The standard InChI is InChI=1S/C25H39N3O4/c1-9-11-18(4)26-22(29)21(20-14-12-17(3)13-15-20)28(16-10-2)23(30)19(5)27-24(31)32-25(6,7)8/h10,12-15,18-19,21H,2,9,11,16H2,1,3-8H3,(H,26,29)(H,27,31). The first-order valence-corrected chi connectivity index (χ1v) is 11.2. The highest BCUT2D eigenvalue weighted by atomic mass is 16.6. The highest BCUT2D eigenvalue weighted by Crippen LogP contribution is 2.23. The largest absolute Gasteiger partial charge is 0.444 e. The van der Waals surface area contributed by atoms with Gasteiger partial charge in [0.15, 0.2) is 0 Å². The fourth-order valence-electron chi connectivity index (χ4n) is 3.31. The third kappa shape index (κ3) is 8.73. The zero-order chi connectivity index (χ0) is 24.5. The highest BCUT2D eigenvalue weighted by molar-refractivity contribution is 5.92. The smallest absolute Gasteiger partial charge is 0.408 e. The molecule has 0 radical (unpaired) electrons. The number of carbonyl (C=O) groups is 3. The van der Waals surface area contributed by atoms with Crippen LogP contribution < -0.4 is 10.6 Å². The van der Waals surface area contributed by atoms with Gasteiger partial charge in [0, 0.05) is 12.6 Å². The van der Waals surface area contributed by atoms with Crippen molar-refractivity contribution in [3.8, 4) is 0 Å². The molecule has 0 fully saturated rings. The average molecular weight is 446 g/mol. The Labute approximate surface area is 192 Å². The Balaban J connectivity index is 3.23. The SMILES string of the molecule is C=CCN(C(=O)C(C)NC(=O)OC(C)(C)C)C(C(=O)NC(C)CCC)c1ccc(C)cc1. The number of ether oxygens (including phenoxy) is 1. The van der Waals surface area contributed by atoms with E-state index in [0.717, 1.165) is 18.4 Å². The second-order valence-electron chi connectivity index (χ2n) is 9.16. The lowest BCUT2D eigenvalue weighted by Crippen LogP contribution is -2.52. The van der Waals surface area contributed by atoms with Crippen molar-refractivity contribution >= 4 is 17.9 Å². The molecule has 2 N–H and O–H groups in total. The minimum atomic E-state index is -0.890. The summed E-state index contributed by atoms with van der Waals surface area (Å²) < 4.78 is 5.26. The van der Waals surface area contributed by atoms with Gasteiger partial charge in [-0.2, -0.15) is 0 Å². The third-order valence-electron chi connectivity index (χ3n) is 4.78. The summed E-state index contributed by atoms with van der Waals surface area (Å²) in [5.41, 5.74) is 1.05. The normalized spacial score (nSPS) is 14.0. The molecule has 0 spiro atoms. The van der Waals surface area contributed by atoms with E-state index in [-0.39, 0.29) is 18.5 Å². The number of nitrogens with zero attached hydrogens (tertiary/aromatic N) is 1. The Kier molecular flexibility index (Phi) is 10.4. The van der Waals surface area contributed by atoms with Gasteiger partial charge in [-0.05, 0) is 53.5 Å². The molecular formula is C25H39N3O4. The number of carbonyl (C=O) groups excluding carboxylic acids is 3. The summed E-state index contributed by atoms with van der Waals surface area (Å²) in [6.07, 6.45) is 2.65. The molecule has 0 saturated heterocycles. The van der Waals surface area contributed by atoms with Crippen LogP contribution in [-0.4, -0.2) is 47.0 Å². The predicted octanol–water partition coefficient (Wildman–Crippen LogP) is 4.27. The highest BCUT2D eigenvalue weighted by Gasteiger charge is 2.34. The molecule has 0 aliphatic carbocycles. The zero-order valence-electron chi connectivity index (χ0n) is 20.5. The van der Waals surface area contributed by atoms with E-state index in [1.807, 2.05) is 38.1 Å². The molecule has 1 aromatic carbocycles. The van der Waals surface area contributed by atoms with E-state index < -0.39 is 29.7 Å². The van der Waals surface area contributed by atoms with E-state index in [4.69, 9.17) is 4.74 Å². The van der Waals surface area contributed by atoms with Crippen molar-refractivity contribution < 1.29 is 19.1 Å². The number of hydrogen-bond donors (Lipinski definition) is 2. The van der Waals surface area contributed by atoms with Gasteiger partial charge in [-0.3, -0.25) is 9.59 Å². The van der Waals surface area contributed by atoms with Crippen molar-refractivity contribution in [2.75, 3.05) is 6.54 Å². The predicted molar refractivity (Wildman–Crippen MR) is 127 cm³/mol. The van der Waals surface area contributed by atoms with Crippen molar-refractivity contribution in [3.05, 3.63) is 48.0 Å². The van der Waals surface area contributed by atoms with Gasteiger partial charge >= 0.3 is 6.09 Å². The van der Waals surface area contributed by atoms with Gasteiger partial charge in [-0.1, -0.05) is 49.2 Å². The van der Waals surface area contributed by atoms with Crippen LogP contribution in [0.5, 0.6) is 0 Å². The fraction of sp³-hybridized carbons (Fsp3) is 0.560. The van der Waals surface area contributed by atoms with Gasteiger partial charge in [-0.25, -0.2) is 4.79 Å². The van der Waals surface area contributed by atoms with E-state index in [9.17, 15) is 14.4 Å². The van der Waals surface area contributed by atoms with Crippen molar-refractivity contribution in [1.29, 1.82) is 0 Å². The molecule has 1 rings (SSSR count). The number of nitrogens with one attached hydrogen (secondary N) is 2. The minimum Gasteiger partial charge on any atom is -0.444 e. The summed E-state index contributed by atoms with van der Waals surface area (Å²) in [6.45, 7) is 16.7. The summed E-state index contributed by atoms with van der Waals surface area (Å²) >= 11 is 0. The molecule has 0 aliphatic heterocycles. The van der Waals surface area contributed by atoms with Crippen LogP contribution in [0.25, 0.3) is 0 Å². The van der Waals surface area contributed by atoms with Crippen LogP contribution in [-0.2, 0) is 14.3 Å². The molecule has 3 atom stereocenters. The van der Waals surface area contributed by atoms with Crippen molar-refractivity contribution in [1.82, 2.24) is 15.5 Å². The first kappa shape index (κ1) is 27.2. The maximum absolute atomic E-state index is 13.4. The molecule has 0 saturated carbocycles. The second kappa shape index (κ2) is 12.3. The number of aryl methyl sites for hydroxylation is 1. The molecule has 0 bridgehead atoms. The molecule has 7 nitrogen and oxygen atoms in total. The Morgan fingerprint density at radius 3 is 2.22 bits per heavy atom. The average Bonchev–Trinajstić information content (AvgIpc) is 2.67. The van der Waals surface area contributed by atoms with Crippen LogP contribution >= 0.6 is 0 Å². The van der Waals surface area contributed by atoms with Crippen LogP contribution in [0.15, 0.2) is 36.9 Å². The summed E-state index contributed by atoms with van der Waals surface area (Å²) in [5, 5.41) is 5.59. The quantitative estimate of drug-likeness (QED) is 0.527. The summed E-state index contributed by atoms with van der Waals surface area (Å²) in [5.74, 6) is -0.672. The van der Waals surface area contributed by atoms with Gasteiger partial charge in [0.1, 0.15) is 17.7 Å². The first-order valence-electron chi connectivity index (χ1n) is 11.2. The molecular weight excluding hydrogens is 406 g/mol. The van der Waals surface area contributed by atoms with Crippen molar-refractivity contribution in [2.45, 2.75) is 85.0 Å². The lowest BCUT2D eigenvalue weighted by atomic mass is 10.0. The third-order valence-corrected chi connectivity index (χ3v) is 4.78. The van der Waals surface area contributed by atoms with Gasteiger partial charge in [0.05, 0.1) is 0 Å². The van der Waals surface area contributed by atoms with E-state index in [1.54, 1.807) is 33.8 Å². The van der Waals surface area contributed by atoms with E-state index in [2.05, 4.69) is 24.1 Å². The number of rotatable bonds is 10. The zero-order valence-corrected chi connectivity index (χ0v) is 20.5. The van der Waals surface area contributed by atoms with Crippen LogP contribution in [0.1, 0.15) is 71.6 Å². The molecule has 3 unspecified atom stereocenters. The Bertz CT molecular complexity index is 783. The van der Waals surface area contributed by atoms with E-state index >= 15 is 0 Å². The second-order valence-corrected chi connectivity index (χ2v) is 9.16. The molecule has 178 valence electrons. The monoisotopic (exact) mass is 445 g/mol. The van der Waals surface area contributed by atoms with Crippen molar-refractivity contribution in [3.63, 3.8) is 0 Å². The Morgan fingerprint density at radius 2 is 1.72 bits per heavy atom. The summed E-state index contributed by atoms with van der Waals surface area (Å²) in [4.78, 5) is 40.3. The van der Waals surface area contributed by atoms with E-state index in [0.29, 0.717) is 5.56 Å². The number of benzene rings is 1. The first-order chi connectivity index (χ1) is 14.9. The lowest BCUT2D eigenvalue weighted by molar-refractivity contribution is -0.141. The number of alkyl carbamates (subject to hydrolysis) is 1.